The Balaban J connectivity index is 1.91. The molecule has 1 aliphatic rings. The number of aromatic amines is 1. The van der Waals surface area contributed by atoms with Crippen molar-refractivity contribution in [2.75, 3.05) is 12.3 Å². The van der Waals surface area contributed by atoms with Crippen LogP contribution in [-0.4, -0.2) is 34.6 Å². The fourth-order valence-electron chi connectivity index (χ4n) is 1.96. The molecule has 2 rings (SSSR count). The Kier molecular flexibility index (Phi) is 3.50. The molecule has 2 heterocycles. The molecular weight excluding hydrogens is 234 g/mol. The number of anilines is 1. The zero-order chi connectivity index (χ0) is 13.1. The molecule has 0 bridgehead atoms. The van der Waals surface area contributed by atoms with E-state index in [1.165, 1.54) is 0 Å². The summed E-state index contributed by atoms with van der Waals surface area (Å²) in [5.41, 5.74) is 7.17. The maximum absolute atomic E-state index is 11.8. The lowest BCUT2D eigenvalue weighted by Crippen LogP contribution is -2.38. The Bertz CT molecular complexity index is 468. The first kappa shape index (κ1) is 12.4. The minimum atomic E-state index is -0.315. The standard InChI is InChI=1S/C11H17N5O2/c1-2-7-9(12)10(16-15-7)11(18)13-5-6-3-4-8(17)14-6/h6H,2-5,12H2,1H3,(H,13,18)(H,14,17)(H,15,16). The van der Waals surface area contributed by atoms with Crippen molar-refractivity contribution in [1.29, 1.82) is 0 Å². The summed E-state index contributed by atoms with van der Waals surface area (Å²) in [6.07, 6.45) is 1.96. The summed E-state index contributed by atoms with van der Waals surface area (Å²) in [6.45, 7) is 2.33. The van der Waals surface area contributed by atoms with E-state index in [1.807, 2.05) is 6.92 Å². The highest BCUT2D eigenvalue weighted by molar-refractivity contribution is 5.97. The quantitative estimate of drug-likeness (QED) is 0.581. The number of carbonyl (C=O) groups excluding carboxylic acids is 2. The molecule has 1 fully saturated rings. The van der Waals surface area contributed by atoms with Crippen LogP contribution >= 0.6 is 0 Å². The first-order chi connectivity index (χ1) is 8.61. The number of hydrogen-bond donors (Lipinski definition) is 4. The first-order valence-corrected chi connectivity index (χ1v) is 6.02. The zero-order valence-electron chi connectivity index (χ0n) is 10.2. The van der Waals surface area contributed by atoms with Crippen LogP contribution in [-0.2, 0) is 11.2 Å². The predicted molar refractivity (Wildman–Crippen MR) is 65.9 cm³/mol. The number of aryl methyl sites for hydroxylation is 1. The van der Waals surface area contributed by atoms with E-state index in [9.17, 15) is 9.59 Å². The number of carbonyl (C=O) groups is 2. The Morgan fingerprint density at radius 3 is 2.94 bits per heavy atom. The van der Waals surface area contributed by atoms with Gasteiger partial charge in [-0.05, 0) is 12.8 Å². The molecule has 2 amide bonds. The van der Waals surface area contributed by atoms with Gasteiger partial charge in [-0.2, -0.15) is 5.10 Å². The van der Waals surface area contributed by atoms with Crippen molar-refractivity contribution in [1.82, 2.24) is 20.8 Å². The Labute approximate surface area is 105 Å². The van der Waals surface area contributed by atoms with E-state index < -0.39 is 0 Å². The third-order valence-corrected chi connectivity index (χ3v) is 3.05. The van der Waals surface area contributed by atoms with Crippen LogP contribution in [0.3, 0.4) is 0 Å². The number of nitrogen functional groups attached to an aromatic ring is 1. The monoisotopic (exact) mass is 251 g/mol. The molecule has 0 spiro atoms. The molecule has 98 valence electrons. The van der Waals surface area contributed by atoms with Gasteiger partial charge < -0.3 is 16.4 Å². The molecule has 0 aliphatic carbocycles. The predicted octanol–water partition coefficient (Wildman–Crippen LogP) is -0.437. The van der Waals surface area contributed by atoms with Gasteiger partial charge >= 0.3 is 0 Å². The normalized spacial score (nSPS) is 18.7. The summed E-state index contributed by atoms with van der Waals surface area (Å²) in [7, 11) is 0. The molecule has 1 atom stereocenters. The molecule has 1 aromatic heterocycles. The second-order valence-electron chi connectivity index (χ2n) is 4.33. The second kappa shape index (κ2) is 5.07. The van der Waals surface area contributed by atoms with E-state index in [-0.39, 0.29) is 23.6 Å². The first-order valence-electron chi connectivity index (χ1n) is 6.02. The fourth-order valence-corrected chi connectivity index (χ4v) is 1.96. The van der Waals surface area contributed by atoms with Gasteiger partial charge in [0.2, 0.25) is 5.91 Å². The van der Waals surface area contributed by atoms with Crippen LogP contribution in [0, 0.1) is 0 Å². The second-order valence-corrected chi connectivity index (χ2v) is 4.33. The molecule has 7 heteroatoms. The molecule has 0 aromatic carbocycles. The average molecular weight is 251 g/mol. The van der Waals surface area contributed by atoms with Crippen molar-refractivity contribution in [3.8, 4) is 0 Å². The summed E-state index contributed by atoms with van der Waals surface area (Å²) in [4.78, 5) is 22.8. The van der Waals surface area contributed by atoms with Crippen LogP contribution in [0.1, 0.15) is 35.9 Å². The Morgan fingerprint density at radius 1 is 1.61 bits per heavy atom. The van der Waals surface area contributed by atoms with Crippen molar-refractivity contribution >= 4 is 17.5 Å². The van der Waals surface area contributed by atoms with E-state index in [4.69, 9.17) is 5.73 Å². The third-order valence-electron chi connectivity index (χ3n) is 3.05. The van der Waals surface area contributed by atoms with E-state index in [1.54, 1.807) is 0 Å². The zero-order valence-corrected chi connectivity index (χ0v) is 10.2. The maximum Gasteiger partial charge on any atom is 0.274 e. The van der Waals surface area contributed by atoms with Gasteiger partial charge in [0.1, 0.15) is 0 Å². The summed E-state index contributed by atoms with van der Waals surface area (Å²) in [6, 6.07) is 0.00672. The minimum absolute atomic E-state index is 0.00672. The van der Waals surface area contributed by atoms with Crippen LogP contribution in [0.5, 0.6) is 0 Å². The van der Waals surface area contributed by atoms with Crippen molar-refractivity contribution in [3.05, 3.63) is 11.4 Å². The van der Waals surface area contributed by atoms with Crippen molar-refractivity contribution in [2.45, 2.75) is 32.2 Å². The van der Waals surface area contributed by atoms with Gasteiger partial charge in [0.25, 0.3) is 5.91 Å². The number of nitrogens with two attached hydrogens (primary N) is 1. The average Bonchev–Trinajstić information content (AvgIpc) is 2.92. The van der Waals surface area contributed by atoms with Crippen LogP contribution in [0.25, 0.3) is 0 Å². The largest absolute Gasteiger partial charge is 0.395 e. The minimum Gasteiger partial charge on any atom is -0.395 e. The summed E-state index contributed by atoms with van der Waals surface area (Å²) in [5.74, 6) is -0.286. The van der Waals surface area contributed by atoms with Crippen LogP contribution in [0.2, 0.25) is 0 Å². The van der Waals surface area contributed by atoms with Gasteiger partial charge in [0.05, 0.1) is 11.4 Å². The highest BCUT2D eigenvalue weighted by atomic mass is 16.2. The van der Waals surface area contributed by atoms with Gasteiger partial charge in [-0.1, -0.05) is 6.92 Å². The van der Waals surface area contributed by atoms with Crippen molar-refractivity contribution < 1.29 is 9.59 Å². The smallest absolute Gasteiger partial charge is 0.274 e. The molecular formula is C11H17N5O2. The Morgan fingerprint density at radius 2 is 2.39 bits per heavy atom. The van der Waals surface area contributed by atoms with Crippen molar-refractivity contribution in [2.24, 2.45) is 0 Å². The molecule has 1 unspecified atom stereocenters. The fraction of sp³-hybridized carbons (Fsp3) is 0.545. The maximum atomic E-state index is 11.8. The number of H-pyrrole nitrogens is 1. The van der Waals surface area contributed by atoms with Gasteiger partial charge in [0.15, 0.2) is 5.69 Å². The van der Waals surface area contributed by atoms with Crippen LogP contribution in [0.15, 0.2) is 0 Å². The molecule has 18 heavy (non-hydrogen) atoms. The number of aromatic nitrogens is 2. The van der Waals surface area contributed by atoms with Crippen LogP contribution < -0.4 is 16.4 Å². The van der Waals surface area contributed by atoms with E-state index in [0.29, 0.717) is 25.1 Å². The number of amides is 2. The molecule has 0 saturated carbocycles. The number of nitrogens with zero attached hydrogens (tertiary/aromatic N) is 1. The van der Waals surface area contributed by atoms with Gasteiger partial charge in [-0.25, -0.2) is 0 Å². The van der Waals surface area contributed by atoms with Gasteiger partial charge in [-0.15, -0.1) is 0 Å². The lowest BCUT2D eigenvalue weighted by Gasteiger charge is -2.10. The SMILES string of the molecule is CCc1[nH]nc(C(=O)NCC2CCC(=O)N2)c1N. The third kappa shape index (κ3) is 2.44. The summed E-state index contributed by atoms with van der Waals surface area (Å²) in [5, 5.41) is 12.1. The molecule has 5 N–H and O–H groups in total. The lowest BCUT2D eigenvalue weighted by atomic mass is 10.2. The molecule has 1 saturated heterocycles. The Hall–Kier alpha value is -2.05. The number of nitrogens with one attached hydrogen (secondary N) is 3. The highest BCUT2D eigenvalue weighted by Crippen LogP contribution is 2.14. The van der Waals surface area contributed by atoms with E-state index in [0.717, 1.165) is 12.1 Å². The molecule has 1 aliphatic heterocycles. The van der Waals surface area contributed by atoms with Crippen LogP contribution in [0.4, 0.5) is 5.69 Å². The molecule has 0 radical (unpaired) electrons. The summed E-state index contributed by atoms with van der Waals surface area (Å²) < 4.78 is 0. The van der Waals surface area contributed by atoms with E-state index >= 15 is 0 Å². The molecule has 1 aromatic rings. The molecule has 7 nitrogen and oxygen atoms in total. The number of hydrogen-bond acceptors (Lipinski definition) is 4. The van der Waals surface area contributed by atoms with Gasteiger partial charge in [0, 0.05) is 19.0 Å². The lowest BCUT2D eigenvalue weighted by molar-refractivity contribution is -0.119. The number of rotatable bonds is 4. The van der Waals surface area contributed by atoms with E-state index in [2.05, 4.69) is 20.8 Å². The summed E-state index contributed by atoms with van der Waals surface area (Å²) >= 11 is 0. The highest BCUT2D eigenvalue weighted by Gasteiger charge is 2.22. The van der Waals surface area contributed by atoms with Crippen molar-refractivity contribution in [3.63, 3.8) is 0 Å². The van der Waals surface area contributed by atoms with Gasteiger partial charge in [-0.3, -0.25) is 14.7 Å². The topological polar surface area (TPSA) is 113 Å².